The van der Waals surface area contributed by atoms with Crippen molar-refractivity contribution in [1.29, 1.82) is 0 Å². The number of ether oxygens (including phenoxy) is 3. The van der Waals surface area contributed by atoms with E-state index in [9.17, 15) is 14.4 Å². The first-order valence-electron chi connectivity index (χ1n) is 27.8. The molecule has 0 fully saturated rings. The van der Waals surface area contributed by atoms with Crippen LogP contribution in [0.4, 0.5) is 0 Å². The zero-order valence-corrected chi connectivity index (χ0v) is 43.0. The van der Waals surface area contributed by atoms with E-state index in [0.717, 1.165) is 77.0 Å². The third-order valence-corrected chi connectivity index (χ3v) is 12.0. The quantitative estimate of drug-likeness (QED) is 0.0262. The van der Waals surface area contributed by atoms with Crippen LogP contribution in [0.2, 0.25) is 0 Å². The minimum atomic E-state index is -0.793. The van der Waals surface area contributed by atoms with Crippen molar-refractivity contribution in [3.63, 3.8) is 0 Å². The summed E-state index contributed by atoms with van der Waals surface area (Å²) in [6.07, 6.45) is 66.4. The van der Waals surface area contributed by atoms with Gasteiger partial charge in [0.25, 0.3) is 0 Å². The Morgan fingerprint density at radius 2 is 0.600 bits per heavy atom. The van der Waals surface area contributed by atoms with Crippen LogP contribution in [0, 0.1) is 0 Å². The summed E-state index contributed by atoms with van der Waals surface area (Å²) in [4.78, 5) is 38.1. The number of allylic oxidation sites excluding steroid dienone is 10. The number of rotatable bonds is 50. The fourth-order valence-electron chi connectivity index (χ4n) is 7.89. The molecule has 0 unspecified atom stereocenters. The third kappa shape index (κ3) is 51.9. The summed E-state index contributed by atoms with van der Waals surface area (Å²) in [7, 11) is 0. The van der Waals surface area contributed by atoms with Crippen molar-refractivity contribution < 1.29 is 28.6 Å². The Morgan fingerprint density at radius 1 is 0.323 bits per heavy atom. The Kier molecular flexibility index (Phi) is 51.3. The molecule has 0 heterocycles. The van der Waals surface area contributed by atoms with Gasteiger partial charge in [-0.25, -0.2) is 0 Å². The van der Waals surface area contributed by atoms with Gasteiger partial charge in [0, 0.05) is 19.3 Å². The van der Waals surface area contributed by atoms with Gasteiger partial charge in [-0.3, -0.25) is 14.4 Å². The molecule has 0 aromatic rings. The maximum atomic E-state index is 12.8. The SMILES string of the molecule is CC/C=C\C/C=C\C/C=C\C/C=C\C/C=C\CCCC(=O)OC[C@@H](COC(=O)CCCCCCCCCCCCCCCCC)OC(=O)CCCCCCCCCCCCCCCCC. The standard InChI is InChI=1S/C59H104O6/c1-4-7-10-13-16-19-22-25-28-29-32-34-37-40-43-46-49-52-58(61)64-55-56(65-59(62)53-50-47-44-41-38-35-31-27-24-21-18-15-12-9-6-3)54-63-57(60)51-48-45-42-39-36-33-30-26-23-20-17-14-11-8-5-2/h7,10,16,19,25,28,32,34,40,43,56H,4-6,8-9,11-15,17-18,20-24,26-27,29-31,33,35-39,41-42,44-55H2,1-3H3/b10-7-,19-16-,28-25-,34-32-,43-40-/t56-/m1/s1. The predicted molar refractivity (Wildman–Crippen MR) is 279 cm³/mol. The van der Waals surface area contributed by atoms with E-state index in [0.29, 0.717) is 19.3 Å². The molecule has 0 spiro atoms. The average molecular weight is 909 g/mol. The summed E-state index contributed by atoms with van der Waals surface area (Å²) in [5.41, 5.74) is 0. The van der Waals surface area contributed by atoms with Gasteiger partial charge in [0.1, 0.15) is 13.2 Å². The van der Waals surface area contributed by atoms with E-state index in [1.165, 1.54) is 154 Å². The predicted octanol–water partition coefficient (Wildman–Crippen LogP) is 18.4. The molecular weight excluding hydrogens is 805 g/mol. The largest absolute Gasteiger partial charge is 0.462 e. The van der Waals surface area contributed by atoms with Gasteiger partial charge in [0.2, 0.25) is 0 Å². The van der Waals surface area contributed by atoms with E-state index in [1.807, 2.05) is 0 Å². The van der Waals surface area contributed by atoms with Crippen molar-refractivity contribution in [1.82, 2.24) is 0 Å². The van der Waals surface area contributed by atoms with Gasteiger partial charge in [0.15, 0.2) is 6.10 Å². The number of unbranched alkanes of at least 4 members (excludes halogenated alkanes) is 29. The second kappa shape index (κ2) is 53.7. The molecule has 0 saturated heterocycles. The van der Waals surface area contributed by atoms with Gasteiger partial charge in [-0.05, 0) is 57.8 Å². The van der Waals surface area contributed by atoms with E-state index in [4.69, 9.17) is 14.2 Å². The van der Waals surface area contributed by atoms with E-state index in [2.05, 4.69) is 81.5 Å². The van der Waals surface area contributed by atoms with Crippen LogP contribution in [0.1, 0.15) is 278 Å². The van der Waals surface area contributed by atoms with Crippen LogP contribution in [-0.4, -0.2) is 37.2 Å². The molecule has 0 aromatic carbocycles. The maximum absolute atomic E-state index is 12.8. The fourth-order valence-corrected chi connectivity index (χ4v) is 7.89. The first-order valence-corrected chi connectivity index (χ1v) is 27.8. The minimum absolute atomic E-state index is 0.0878. The van der Waals surface area contributed by atoms with E-state index >= 15 is 0 Å². The molecule has 0 aliphatic carbocycles. The summed E-state index contributed by atoms with van der Waals surface area (Å²) in [6, 6.07) is 0. The van der Waals surface area contributed by atoms with E-state index in [1.54, 1.807) is 0 Å². The van der Waals surface area contributed by atoms with Crippen LogP contribution >= 0.6 is 0 Å². The number of hydrogen-bond acceptors (Lipinski definition) is 6. The lowest BCUT2D eigenvalue weighted by atomic mass is 10.0. The Hall–Kier alpha value is -2.89. The van der Waals surface area contributed by atoms with Crippen molar-refractivity contribution >= 4 is 17.9 Å². The van der Waals surface area contributed by atoms with Crippen LogP contribution in [0.5, 0.6) is 0 Å². The van der Waals surface area contributed by atoms with Gasteiger partial charge in [0.05, 0.1) is 0 Å². The Bertz CT molecular complexity index is 1180. The molecule has 0 aliphatic heterocycles. The summed E-state index contributed by atoms with van der Waals surface area (Å²) < 4.78 is 16.8. The molecule has 0 saturated carbocycles. The van der Waals surface area contributed by atoms with E-state index in [-0.39, 0.29) is 37.5 Å². The summed E-state index contributed by atoms with van der Waals surface area (Å²) in [6.45, 7) is 6.51. The molecule has 376 valence electrons. The van der Waals surface area contributed by atoms with Crippen LogP contribution in [0.25, 0.3) is 0 Å². The summed E-state index contributed by atoms with van der Waals surface area (Å²) in [5.74, 6) is -0.936. The molecule has 0 aromatic heterocycles. The molecular formula is C59H104O6. The smallest absolute Gasteiger partial charge is 0.306 e. The Balaban J connectivity index is 4.44. The number of esters is 3. The van der Waals surface area contributed by atoms with Crippen LogP contribution < -0.4 is 0 Å². The minimum Gasteiger partial charge on any atom is -0.462 e. The number of carbonyl (C=O) groups excluding carboxylic acids is 3. The third-order valence-electron chi connectivity index (χ3n) is 12.0. The van der Waals surface area contributed by atoms with Gasteiger partial charge in [-0.15, -0.1) is 0 Å². The molecule has 0 aliphatic rings. The Morgan fingerprint density at radius 3 is 0.938 bits per heavy atom. The zero-order valence-electron chi connectivity index (χ0n) is 43.0. The highest BCUT2D eigenvalue weighted by molar-refractivity contribution is 5.71. The van der Waals surface area contributed by atoms with Crippen molar-refractivity contribution in [2.75, 3.05) is 13.2 Å². The van der Waals surface area contributed by atoms with Crippen molar-refractivity contribution in [3.8, 4) is 0 Å². The molecule has 0 N–H and O–H groups in total. The summed E-state index contributed by atoms with van der Waals surface area (Å²) in [5, 5.41) is 0. The maximum Gasteiger partial charge on any atom is 0.306 e. The lowest BCUT2D eigenvalue weighted by Crippen LogP contribution is -2.30. The molecule has 0 amide bonds. The molecule has 1 atom stereocenters. The molecule has 0 rings (SSSR count). The molecule has 0 bridgehead atoms. The van der Waals surface area contributed by atoms with Crippen molar-refractivity contribution in [2.24, 2.45) is 0 Å². The molecule has 6 heteroatoms. The number of hydrogen-bond donors (Lipinski definition) is 0. The van der Waals surface area contributed by atoms with Gasteiger partial charge >= 0.3 is 17.9 Å². The second-order valence-electron chi connectivity index (χ2n) is 18.5. The van der Waals surface area contributed by atoms with Crippen LogP contribution in [0.15, 0.2) is 60.8 Å². The topological polar surface area (TPSA) is 78.9 Å². The average Bonchev–Trinajstić information content (AvgIpc) is 3.30. The normalized spacial score (nSPS) is 12.5. The highest BCUT2D eigenvalue weighted by Crippen LogP contribution is 2.16. The first-order chi connectivity index (χ1) is 32.0. The van der Waals surface area contributed by atoms with Crippen molar-refractivity contribution in [3.05, 3.63) is 60.8 Å². The lowest BCUT2D eigenvalue weighted by Gasteiger charge is -2.18. The molecule has 65 heavy (non-hydrogen) atoms. The fraction of sp³-hybridized carbons (Fsp3) is 0.780. The molecule has 6 nitrogen and oxygen atoms in total. The highest BCUT2D eigenvalue weighted by Gasteiger charge is 2.19. The lowest BCUT2D eigenvalue weighted by molar-refractivity contribution is -0.167. The van der Waals surface area contributed by atoms with Crippen LogP contribution in [-0.2, 0) is 28.6 Å². The van der Waals surface area contributed by atoms with Crippen molar-refractivity contribution in [2.45, 2.75) is 284 Å². The molecule has 0 radical (unpaired) electrons. The highest BCUT2D eigenvalue weighted by atomic mass is 16.6. The Labute approximate surface area is 402 Å². The zero-order chi connectivity index (χ0) is 47.2. The monoisotopic (exact) mass is 909 g/mol. The van der Waals surface area contributed by atoms with Gasteiger partial charge in [-0.2, -0.15) is 0 Å². The second-order valence-corrected chi connectivity index (χ2v) is 18.5. The summed E-state index contributed by atoms with van der Waals surface area (Å²) >= 11 is 0. The van der Waals surface area contributed by atoms with E-state index < -0.39 is 6.10 Å². The number of carbonyl (C=O) groups is 3. The van der Waals surface area contributed by atoms with Crippen LogP contribution in [0.3, 0.4) is 0 Å². The van der Waals surface area contributed by atoms with Gasteiger partial charge in [-0.1, -0.05) is 261 Å². The first kappa shape index (κ1) is 62.1. The van der Waals surface area contributed by atoms with Gasteiger partial charge < -0.3 is 14.2 Å².